The number of hydrogen-bond acceptors (Lipinski definition) is 7. The molecule has 2 aromatic rings. The molecule has 0 radical (unpaired) electrons. The number of nitrogens with zero attached hydrogens (tertiary/aromatic N) is 4. The highest BCUT2D eigenvalue weighted by Gasteiger charge is 2.37. The van der Waals surface area contributed by atoms with Gasteiger partial charge in [0.25, 0.3) is 0 Å². The van der Waals surface area contributed by atoms with Gasteiger partial charge in [0.15, 0.2) is 0 Å². The quantitative estimate of drug-likeness (QED) is 0.887. The summed E-state index contributed by atoms with van der Waals surface area (Å²) in [4.78, 5) is 14.7. The van der Waals surface area contributed by atoms with Crippen molar-refractivity contribution in [1.29, 1.82) is 0 Å². The van der Waals surface area contributed by atoms with Crippen molar-refractivity contribution in [3.05, 3.63) is 41.9 Å². The molecule has 0 atom stereocenters. The number of pyridine rings is 1. The predicted octanol–water partition coefficient (Wildman–Crippen LogP) is 1.37. The number of piperidine rings is 1. The molecule has 1 saturated heterocycles. The molecule has 0 aliphatic carbocycles. The molecular formula is C17H22N4O3. The van der Waals surface area contributed by atoms with E-state index in [9.17, 15) is 5.11 Å². The van der Waals surface area contributed by atoms with Gasteiger partial charge in [-0.1, -0.05) is 6.07 Å². The SMILES string of the molecule is COc1ncc(C2(O)CCN(Cc3cccnc3)CC2)c(OC)n1. The van der Waals surface area contributed by atoms with Gasteiger partial charge < -0.3 is 14.6 Å². The van der Waals surface area contributed by atoms with E-state index in [0.717, 1.165) is 19.6 Å². The zero-order valence-corrected chi connectivity index (χ0v) is 14.0. The maximum absolute atomic E-state index is 11.1. The average Bonchev–Trinajstić information content (AvgIpc) is 2.64. The number of rotatable bonds is 5. The zero-order chi connectivity index (χ0) is 17.0. The highest BCUT2D eigenvalue weighted by atomic mass is 16.5. The minimum absolute atomic E-state index is 0.230. The third-order valence-electron chi connectivity index (χ3n) is 4.42. The highest BCUT2D eigenvalue weighted by Crippen LogP contribution is 2.37. The van der Waals surface area contributed by atoms with Gasteiger partial charge in [-0.25, -0.2) is 4.98 Å². The average molecular weight is 330 g/mol. The van der Waals surface area contributed by atoms with Gasteiger partial charge in [-0.15, -0.1) is 0 Å². The van der Waals surface area contributed by atoms with E-state index in [0.29, 0.717) is 24.3 Å². The van der Waals surface area contributed by atoms with Crippen LogP contribution >= 0.6 is 0 Å². The van der Waals surface area contributed by atoms with Gasteiger partial charge in [0, 0.05) is 38.2 Å². The fourth-order valence-electron chi connectivity index (χ4n) is 3.02. The monoisotopic (exact) mass is 330 g/mol. The molecule has 7 heteroatoms. The number of aliphatic hydroxyl groups is 1. The highest BCUT2D eigenvalue weighted by molar-refractivity contribution is 5.32. The molecule has 128 valence electrons. The second-order valence-corrected chi connectivity index (χ2v) is 5.95. The molecule has 0 aromatic carbocycles. The van der Waals surface area contributed by atoms with Crippen LogP contribution in [0, 0.1) is 0 Å². The third-order valence-corrected chi connectivity index (χ3v) is 4.42. The molecule has 1 aliphatic heterocycles. The van der Waals surface area contributed by atoms with E-state index < -0.39 is 5.60 Å². The van der Waals surface area contributed by atoms with E-state index in [4.69, 9.17) is 9.47 Å². The van der Waals surface area contributed by atoms with E-state index in [1.165, 1.54) is 19.8 Å². The van der Waals surface area contributed by atoms with Crippen LogP contribution in [-0.4, -0.2) is 52.3 Å². The Labute approximate surface area is 141 Å². The third kappa shape index (κ3) is 3.47. The summed E-state index contributed by atoms with van der Waals surface area (Å²) in [6, 6.07) is 4.23. The van der Waals surface area contributed by atoms with E-state index >= 15 is 0 Å². The number of aromatic nitrogens is 3. The molecule has 3 heterocycles. The van der Waals surface area contributed by atoms with Crippen LogP contribution in [0.25, 0.3) is 0 Å². The van der Waals surface area contributed by atoms with E-state index in [1.807, 2.05) is 12.3 Å². The van der Waals surface area contributed by atoms with Crippen LogP contribution in [0.3, 0.4) is 0 Å². The Bertz CT molecular complexity index is 673. The summed E-state index contributed by atoms with van der Waals surface area (Å²) in [6.45, 7) is 2.39. The van der Waals surface area contributed by atoms with Gasteiger partial charge >= 0.3 is 6.01 Å². The first-order chi connectivity index (χ1) is 11.6. The molecule has 2 aromatic heterocycles. The van der Waals surface area contributed by atoms with Gasteiger partial charge in [-0.05, 0) is 24.5 Å². The Morgan fingerprint density at radius 2 is 2.00 bits per heavy atom. The van der Waals surface area contributed by atoms with Crippen LogP contribution in [0.1, 0.15) is 24.0 Å². The number of methoxy groups -OCH3 is 2. The molecule has 24 heavy (non-hydrogen) atoms. The van der Waals surface area contributed by atoms with Crippen LogP contribution < -0.4 is 9.47 Å². The number of ether oxygens (including phenoxy) is 2. The lowest BCUT2D eigenvalue weighted by atomic mass is 9.85. The lowest BCUT2D eigenvalue weighted by molar-refractivity contribution is -0.0300. The van der Waals surface area contributed by atoms with Crippen LogP contribution in [0.2, 0.25) is 0 Å². The van der Waals surface area contributed by atoms with E-state index in [1.54, 1.807) is 12.4 Å². The first-order valence-electron chi connectivity index (χ1n) is 7.94. The van der Waals surface area contributed by atoms with Gasteiger partial charge in [0.1, 0.15) is 0 Å². The van der Waals surface area contributed by atoms with E-state index in [-0.39, 0.29) is 6.01 Å². The van der Waals surface area contributed by atoms with Crippen molar-refractivity contribution in [2.75, 3.05) is 27.3 Å². The van der Waals surface area contributed by atoms with Gasteiger partial charge in [-0.2, -0.15) is 4.98 Å². The van der Waals surface area contributed by atoms with Crippen molar-refractivity contribution in [3.8, 4) is 11.9 Å². The summed E-state index contributed by atoms with van der Waals surface area (Å²) < 4.78 is 10.3. The largest absolute Gasteiger partial charge is 0.481 e. The van der Waals surface area contributed by atoms with Crippen molar-refractivity contribution < 1.29 is 14.6 Å². The molecule has 0 amide bonds. The Morgan fingerprint density at radius 3 is 2.62 bits per heavy atom. The maximum Gasteiger partial charge on any atom is 0.319 e. The zero-order valence-electron chi connectivity index (χ0n) is 14.0. The first-order valence-corrected chi connectivity index (χ1v) is 7.94. The van der Waals surface area contributed by atoms with Gasteiger partial charge in [-0.3, -0.25) is 9.88 Å². The van der Waals surface area contributed by atoms with Crippen LogP contribution in [0.15, 0.2) is 30.7 Å². The summed E-state index contributed by atoms with van der Waals surface area (Å²) in [5, 5.41) is 11.1. The van der Waals surface area contributed by atoms with Crippen LogP contribution in [-0.2, 0) is 12.1 Å². The summed E-state index contributed by atoms with van der Waals surface area (Å²) in [7, 11) is 3.03. The molecule has 0 spiro atoms. The molecule has 0 bridgehead atoms. The number of hydrogen-bond donors (Lipinski definition) is 1. The van der Waals surface area contributed by atoms with Crippen molar-refractivity contribution >= 4 is 0 Å². The molecular weight excluding hydrogens is 308 g/mol. The minimum atomic E-state index is -0.983. The number of likely N-dealkylation sites (tertiary alicyclic amines) is 1. The van der Waals surface area contributed by atoms with Crippen molar-refractivity contribution in [2.24, 2.45) is 0 Å². The van der Waals surface area contributed by atoms with E-state index in [2.05, 4.69) is 25.9 Å². The summed E-state index contributed by atoms with van der Waals surface area (Å²) in [5.74, 6) is 0.366. The topological polar surface area (TPSA) is 80.6 Å². The van der Waals surface area contributed by atoms with Gasteiger partial charge in [0.2, 0.25) is 5.88 Å². The Balaban J connectivity index is 1.70. The standard InChI is InChI=1S/C17H22N4O3/c1-23-15-14(11-19-16(20-15)24-2)17(22)5-8-21(9-6-17)12-13-4-3-7-18-10-13/h3-4,7,10-11,22H,5-6,8-9,12H2,1-2H3. The van der Waals surface area contributed by atoms with Crippen LogP contribution in [0.4, 0.5) is 0 Å². The fraction of sp³-hybridized carbons (Fsp3) is 0.471. The molecule has 0 saturated carbocycles. The minimum Gasteiger partial charge on any atom is -0.481 e. The molecule has 1 N–H and O–H groups in total. The lowest BCUT2D eigenvalue weighted by Crippen LogP contribution is -2.42. The normalized spacial score (nSPS) is 17.5. The second kappa shape index (κ2) is 7.11. The summed E-state index contributed by atoms with van der Waals surface area (Å²) in [5.41, 5.74) is 0.809. The lowest BCUT2D eigenvalue weighted by Gasteiger charge is -2.38. The molecule has 7 nitrogen and oxygen atoms in total. The van der Waals surface area contributed by atoms with Crippen molar-refractivity contribution in [3.63, 3.8) is 0 Å². The molecule has 1 fully saturated rings. The van der Waals surface area contributed by atoms with Crippen molar-refractivity contribution in [1.82, 2.24) is 19.9 Å². The second-order valence-electron chi connectivity index (χ2n) is 5.95. The fourth-order valence-corrected chi connectivity index (χ4v) is 3.02. The van der Waals surface area contributed by atoms with Crippen LogP contribution in [0.5, 0.6) is 11.9 Å². The first kappa shape index (κ1) is 16.6. The van der Waals surface area contributed by atoms with Crippen molar-refractivity contribution in [2.45, 2.75) is 25.0 Å². The Morgan fingerprint density at radius 1 is 1.21 bits per heavy atom. The smallest absolute Gasteiger partial charge is 0.319 e. The molecule has 0 unspecified atom stereocenters. The molecule has 3 rings (SSSR count). The summed E-state index contributed by atoms with van der Waals surface area (Å²) >= 11 is 0. The Hall–Kier alpha value is -2.25. The Kier molecular flexibility index (Phi) is 4.92. The molecule has 1 aliphatic rings. The summed E-state index contributed by atoms with van der Waals surface area (Å²) in [6.07, 6.45) is 6.44. The van der Waals surface area contributed by atoms with Gasteiger partial charge in [0.05, 0.1) is 25.4 Å². The predicted molar refractivity (Wildman–Crippen MR) is 87.8 cm³/mol. The maximum atomic E-state index is 11.1.